The third-order valence-corrected chi connectivity index (χ3v) is 3.41. The number of aryl methyl sites for hydroxylation is 1. The van der Waals surface area contributed by atoms with Crippen molar-refractivity contribution >= 4 is 17.6 Å². The summed E-state index contributed by atoms with van der Waals surface area (Å²) in [6.45, 7) is -0.0163. The van der Waals surface area contributed by atoms with Crippen molar-refractivity contribution in [2.45, 2.75) is 6.61 Å². The molecule has 112 valence electrons. The molecule has 0 saturated carbocycles. The van der Waals surface area contributed by atoms with Gasteiger partial charge < -0.3 is 13.7 Å². The van der Waals surface area contributed by atoms with E-state index in [9.17, 15) is 4.79 Å². The van der Waals surface area contributed by atoms with Gasteiger partial charge in [0.25, 0.3) is 0 Å². The number of hydrogen-bond acceptors (Lipinski definition) is 4. The van der Waals surface area contributed by atoms with Crippen LogP contribution in [0, 0.1) is 0 Å². The van der Waals surface area contributed by atoms with Gasteiger partial charge in [0, 0.05) is 23.8 Å². The Kier molecular flexibility index (Phi) is 3.98. The number of hydrogen-bond donors (Lipinski definition) is 0. The highest BCUT2D eigenvalue weighted by atomic mass is 35.5. The first-order chi connectivity index (χ1) is 10.6. The molecule has 0 fully saturated rings. The zero-order valence-electron chi connectivity index (χ0n) is 11.8. The van der Waals surface area contributed by atoms with E-state index in [0.29, 0.717) is 22.4 Å². The molecule has 0 aliphatic rings. The number of oxazole rings is 1. The number of carbonyl (C=O) groups is 1. The Morgan fingerprint density at radius 3 is 2.77 bits per heavy atom. The molecule has 1 aromatic carbocycles. The quantitative estimate of drug-likeness (QED) is 0.689. The molecule has 0 aliphatic carbocycles. The zero-order chi connectivity index (χ0) is 15.5. The van der Waals surface area contributed by atoms with E-state index in [1.807, 2.05) is 12.1 Å². The lowest BCUT2D eigenvalue weighted by Crippen LogP contribution is -2.09. The second kappa shape index (κ2) is 6.07. The molecule has 0 N–H and O–H groups in total. The number of benzene rings is 1. The standard InChI is InChI=1S/C16H13ClN2O3/c1-19-8-2-3-13(19)16(20)21-10-15-18-9-14(22-15)11-4-6-12(17)7-5-11/h2-9H,10H2,1H3. The summed E-state index contributed by atoms with van der Waals surface area (Å²) in [6.07, 6.45) is 3.37. The SMILES string of the molecule is Cn1cccc1C(=O)OCc1ncc(-c2ccc(Cl)cc2)o1. The third kappa shape index (κ3) is 3.04. The van der Waals surface area contributed by atoms with Crippen molar-refractivity contribution in [2.75, 3.05) is 0 Å². The lowest BCUT2D eigenvalue weighted by atomic mass is 10.2. The average Bonchev–Trinajstić information content (AvgIpc) is 3.14. The summed E-state index contributed by atoms with van der Waals surface area (Å²) < 4.78 is 12.4. The van der Waals surface area contributed by atoms with Crippen molar-refractivity contribution < 1.29 is 13.9 Å². The van der Waals surface area contributed by atoms with Gasteiger partial charge in [-0.25, -0.2) is 9.78 Å². The maximum absolute atomic E-state index is 11.9. The first-order valence-corrected chi connectivity index (χ1v) is 7.00. The summed E-state index contributed by atoms with van der Waals surface area (Å²) in [5.74, 6) is 0.521. The molecule has 2 aromatic heterocycles. The highest BCUT2D eigenvalue weighted by molar-refractivity contribution is 6.30. The predicted octanol–water partition coefficient (Wildman–Crippen LogP) is 3.69. The monoisotopic (exact) mass is 316 g/mol. The highest BCUT2D eigenvalue weighted by Gasteiger charge is 2.13. The van der Waals surface area contributed by atoms with Crippen molar-refractivity contribution in [3.63, 3.8) is 0 Å². The van der Waals surface area contributed by atoms with E-state index in [4.69, 9.17) is 20.8 Å². The van der Waals surface area contributed by atoms with Crippen LogP contribution in [0.5, 0.6) is 0 Å². The van der Waals surface area contributed by atoms with Crippen LogP contribution in [-0.2, 0) is 18.4 Å². The van der Waals surface area contributed by atoms with Gasteiger partial charge in [-0.15, -0.1) is 0 Å². The van der Waals surface area contributed by atoms with Crippen LogP contribution in [0.2, 0.25) is 5.02 Å². The number of rotatable bonds is 4. The average molecular weight is 317 g/mol. The molecule has 0 radical (unpaired) electrons. The largest absolute Gasteiger partial charge is 0.451 e. The first-order valence-electron chi connectivity index (χ1n) is 6.62. The van der Waals surface area contributed by atoms with E-state index in [2.05, 4.69) is 4.98 Å². The van der Waals surface area contributed by atoms with Gasteiger partial charge in [0.15, 0.2) is 12.4 Å². The number of halogens is 1. The molecule has 2 heterocycles. The molecule has 0 atom stereocenters. The summed E-state index contributed by atoms with van der Waals surface area (Å²) in [4.78, 5) is 16.0. The molecule has 0 bridgehead atoms. The fraction of sp³-hybridized carbons (Fsp3) is 0.125. The van der Waals surface area contributed by atoms with E-state index in [1.165, 1.54) is 0 Å². The summed E-state index contributed by atoms with van der Waals surface area (Å²) in [7, 11) is 1.78. The third-order valence-electron chi connectivity index (χ3n) is 3.16. The molecular formula is C16H13ClN2O3. The summed E-state index contributed by atoms with van der Waals surface area (Å²) in [5, 5.41) is 0.653. The Morgan fingerprint density at radius 1 is 1.32 bits per heavy atom. The van der Waals surface area contributed by atoms with Gasteiger partial charge in [-0.05, 0) is 36.4 Å². The van der Waals surface area contributed by atoms with Crippen molar-refractivity contribution in [3.8, 4) is 11.3 Å². The lowest BCUT2D eigenvalue weighted by Gasteiger charge is -2.03. The molecule has 5 nitrogen and oxygen atoms in total. The maximum atomic E-state index is 11.9. The first kappa shape index (κ1) is 14.4. The van der Waals surface area contributed by atoms with Gasteiger partial charge >= 0.3 is 5.97 Å². The van der Waals surface area contributed by atoms with Crippen molar-refractivity contribution in [3.05, 3.63) is 65.4 Å². The number of ether oxygens (including phenoxy) is 1. The van der Waals surface area contributed by atoms with Gasteiger partial charge in [-0.1, -0.05) is 11.6 Å². The van der Waals surface area contributed by atoms with Crippen LogP contribution in [0.3, 0.4) is 0 Å². The topological polar surface area (TPSA) is 57.3 Å². The van der Waals surface area contributed by atoms with E-state index in [0.717, 1.165) is 5.56 Å². The molecule has 6 heteroatoms. The second-order valence-corrected chi connectivity index (χ2v) is 5.14. The van der Waals surface area contributed by atoms with Gasteiger partial charge in [-0.3, -0.25) is 0 Å². The zero-order valence-corrected chi connectivity index (χ0v) is 12.6. The smallest absolute Gasteiger partial charge is 0.355 e. The Labute approximate surface area is 132 Å². The normalized spacial score (nSPS) is 10.6. The van der Waals surface area contributed by atoms with E-state index in [-0.39, 0.29) is 6.61 Å². The minimum Gasteiger partial charge on any atom is -0.451 e. The molecule has 3 aromatic rings. The Balaban J connectivity index is 1.66. The van der Waals surface area contributed by atoms with Crippen LogP contribution in [-0.4, -0.2) is 15.5 Å². The number of esters is 1. The molecule has 0 saturated heterocycles. The second-order valence-electron chi connectivity index (χ2n) is 4.71. The van der Waals surface area contributed by atoms with Crippen molar-refractivity contribution in [1.29, 1.82) is 0 Å². The Hall–Kier alpha value is -2.53. The van der Waals surface area contributed by atoms with Gasteiger partial charge in [-0.2, -0.15) is 0 Å². The van der Waals surface area contributed by atoms with Crippen LogP contribution in [0.4, 0.5) is 0 Å². The Morgan fingerprint density at radius 2 is 2.09 bits per heavy atom. The molecule has 0 spiro atoms. The number of carbonyl (C=O) groups excluding carboxylic acids is 1. The summed E-state index contributed by atoms with van der Waals surface area (Å²) in [5.41, 5.74) is 1.33. The molecular weight excluding hydrogens is 304 g/mol. The van der Waals surface area contributed by atoms with Crippen molar-refractivity contribution in [2.24, 2.45) is 7.05 Å². The number of nitrogens with zero attached hydrogens (tertiary/aromatic N) is 2. The summed E-state index contributed by atoms with van der Waals surface area (Å²) in [6, 6.07) is 10.7. The fourth-order valence-electron chi connectivity index (χ4n) is 2.00. The molecule has 0 unspecified atom stereocenters. The minimum absolute atomic E-state index is 0.0163. The van der Waals surface area contributed by atoms with Crippen LogP contribution in [0.25, 0.3) is 11.3 Å². The minimum atomic E-state index is -0.418. The van der Waals surface area contributed by atoms with Gasteiger partial charge in [0.05, 0.1) is 6.20 Å². The van der Waals surface area contributed by atoms with Crippen LogP contribution in [0.1, 0.15) is 16.4 Å². The Bertz CT molecular complexity index is 790. The fourth-order valence-corrected chi connectivity index (χ4v) is 2.12. The van der Waals surface area contributed by atoms with Crippen LogP contribution >= 0.6 is 11.6 Å². The van der Waals surface area contributed by atoms with Gasteiger partial charge in [0.2, 0.25) is 5.89 Å². The maximum Gasteiger partial charge on any atom is 0.355 e. The molecule has 0 aliphatic heterocycles. The van der Waals surface area contributed by atoms with Crippen molar-refractivity contribution in [1.82, 2.24) is 9.55 Å². The predicted molar refractivity (Wildman–Crippen MR) is 81.5 cm³/mol. The number of aromatic nitrogens is 2. The molecule has 22 heavy (non-hydrogen) atoms. The highest BCUT2D eigenvalue weighted by Crippen LogP contribution is 2.22. The lowest BCUT2D eigenvalue weighted by molar-refractivity contribution is 0.0428. The van der Waals surface area contributed by atoms with Crippen LogP contribution in [0.15, 0.2) is 53.2 Å². The van der Waals surface area contributed by atoms with E-state index < -0.39 is 5.97 Å². The van der Waals surface area contributed by atoms with Crippen LogP contribution < -0.4 is 0 Å². The molecule has 3 rings (SSSR count). The van der Waals surface area contributed by atoms with Gasteiger partial charge in [0.1, 0.15) is 5.69 Å². The van der Waals surface area contributed by atoms with E-state index >= 15 is 0 Å². The van der Waals surface area contributed by atoms with E-state index in [1.54, 1.807) is 48.3 Å². The molecule has 0 amide bonds. The summed E-state index contributed by atoms with van der Waals surface area (Å²) >= 11 is 5.84.